The lowest BCUT2D eigenvalue weighted by Crippen LogP contribution is -1.97. The average Bonchev–Trinajstić information content (AvgIpc) is 1.81. The number of phenols is 1. The third-order valence-electron chi connectivity index (χ3n) is 19.2. The quantitative estimate of drug-likeness (QED) is 0.0659. The second-order valence-corrected chi connectivity index (χ2v) is 26.2. The summed E-state index contributed by atoms with van der Waals surface area (Å²) in [6, 6.07) is 94.9. The molecule has 0 aliphatic rings. The third-order valence-corrected chi connectivity index (χ3v) is 19.2. The minimum Gasteiger partial charge on any atom is -0.507 e. The van der Waals surface area contributed by atoms with E-state index in [1.807, 2.05) is 152 Å². The maximum absolute atomic E-state index is 10.1. The van der Waals surface area contributed by atoms with Crippen LogP contribution in [0.2, 0.25) is 0 Å². The van der Waals surface area contributed by atoms with Gasteiger partial charge in [0.25, 0.3) is 0 Å². The molecular weight excluding hydrogens is 1400 g/mol. The Morgan fingerprint density at radius 1 is 0.330 bits per heavy atom. The number of ether oxygens (including phenoxy) is 1. The molecule has 24 heteroatoms. The van der Waals surface area contributed by atoms with Crippen LogP contribution in [0.4, 0.5) is 0 Å². The molecule has 0 fully saturated rings. The number of benzene rings is 12. The zero-order chi connectivity index (χ0) is 74.7. The number of nitrogens with one attached hydrogen (secondary N) is 3. The third kappa shape index (κ3) is 15.8. The van der Waals surface area contributed by atoms with E-state index in [0.29, 0.717) is 28.8 Å². The number of nitrogens with zero attached hydrogens (tertiary/aromatic N) is 19. The van der Waals surface area contributed by atoms with Crippen LogP contribution in [0, 0.1) is 0 Å². The van der Waals surface area contributed by atoms with E-state index < -0.39 is 0 Å². The lowest BCUT2D eigenvalue weighted by Gasteiger charge is -2.10. The Balaban J connectivity index is 0.000000113. The van der Waals surface area contributed by atoms with E-state index >= 15 is 0 Å². The normalized spacial score (nSPS) is 11.0. The van der Waals surface area contributed by atoms with Crippen LogP contribution >= 0.6 is 0 Å². The van der Waals surface area contributed by atoms with E-state index in [4.69, 9.17) is 4.74 Å². The maximum atomic E-state index is 10.1. The lowest BCUT2D eigenvalue weighted by molar-refractivity contribution is 0.416. The minimum atomic E-state index is 0. The smallest absolute Gasteiger partial charge is 0.208 e. The van der Waals surface area contributed by atoms with Crippen LogP contribution < -0.4 is 4.74 Å². The van der Waals surface area contributed by atoms with Crippen LogP contribution in [-0.2, 0) is 26.2 Å². The molecule has 20 rings (SSSR count). The van der Waals surface area contributed by atoms with Gasteiger partial charge < -0.3 is 32.7 Å². The first kappa shape index (κ1) is 70.8. The highest BCUT2D eigenvalue weighted by Gasteiger charge is 2.16. The van der Waals surface area contributed by atoms with Crippen LogP contribution in [-0.4, -0.2) is 122 Å². The summed E-state index contributed by atoms with van der Waals surface area (Å²) in [6.45, 7) is 3.14. The van der Waals surface area contributed by atoms with Crippen LogP contribution in [0.25, 0.3) is 128 Å². The standard InChI is InChI=1S/C23H18N4.C22H18N6O.C21H16N6O.C21H16N6.CH4/c1-2-7-23-22(6-1)25-17-27(23)15-18-8-10-19(11-9-18)20-4-3-5-21(14-20)26-13-12-24-16-26;1-29-21-11-10-17(12-18(21)22-24-26-27-25-22)16-8-6-15(7-9-16)13-28-14-23-19-4-2-3-5-20(19)28;28-20-10-9-16(11-17(20)21-23-25-26-24-21)15-7-5-14(6-8-15)12-27-13-22-18-3-1-2-4-19(18)27;1-2-7-20-19(6-1)22-14-27(20)13-15-8-10-16(11-9-15)17-4-3-5-18(12-17)21-23-25-26-24-21;/h1-14,16-17H,15H2;2-12,14H,13H2,1H3,(H,24,25,26,27);1-11,13,28H,12H2,(H,23,24,25,26);1-12,14H,13H2,(H,23,24,25,26);1H4. The molecule has 0 atom stereocenters. The highest BCUT2D eigenvalue weighted by molar-refractivity contribution is 5.80. The fourth-order valence-electron chi connectivity index (χ4n) is 13.4. The summed E-state index contributed by atoms with van der Waals surface area (Å²) >= 11 is 0. The van der Waals surface area contributed by atoms with Gasteiger partial charge in [0, 0.05) is 49.8 Å². The molecule has 0 aliphatic carbocycles. The molecule has 8 aromatic heterocycles. The molecule has 112 heavy (non-hydrogen) atoms. The van der Waals surface area contributed by atoms with Gasteiger partial charge in [-0.05, 0) is 173 Å². The molecular formula is C88H72N22O2. The van der Waals surface area contributed by atoms with Crippen molar-refractivity contribution in [1.82, 2.24) is 110 Å². The number of para-hydroxylation sites is 8. The van der Waals surface area contributed by atoms with Crippen molar-refractivity contribution in [1.29, 1.82) is 0 Å². The minimum absolute atomic E-state index is 0. The van der Waals surface area contributed by atoms with Crippen molar-refractivity contribution in [2.45, 2.75) is 33.6 Å². The Morgan fingerprint density at radius 2 is 0.688 bits per heavy atom. The van der Waals surface area contributed by atoms with E-state index in [-0.39, 0.29) is 13.2 Å². The molecule has 546 valence electrons. The van der Waals surface area contributed by atoms with Gasteiger partial charge in [-0.15, -0.1) is 30.6 Å². The predicted octanol–water partition coefficient (Wildman–Crippen LogP) is 17.1. The van der Waals surface area contributed by atoms with Crippen molar-refractivity contribution in [3.63, 3.8) is 0 Å². The Morgan fingerprint density at radius 3 is 1.09 bits per heavy atom. The maximum Gasteiger partial charge on any atom is 0.208 e. The van der Waals surface area contributed by atoms with Gasteiger partial charge in [0.15, 0.2) is 0 Å². The Kier molecular flexibility index (Phi) is 20.7. The zero-order valence-electron chi connectivity index (χ0n) is 59.8. The van der Waals surface area contributed by atoms with Gasteiger partial charge in [-0.2, -0.15) is 15.6 Å². The van der Waals surface area contributed by atoms with E-state index in [9.17, 15) is 5.11 Å². The molecule has 0 spiro atoms. The van der Waals surface area contributed by atoms with Crippen molar-refractivity contribution < 1.29 is 9.84 Å². The molecule has 4 N–H and O–H groups in total. The van der Waals surface area contributed by atoms with E-state index in [2.05, 4.69) is 269 Å². The lowest BCUT2D eigenvalue weighted by atomic mass is 10.0. The van der Waals surface area contributed by atoms with Crippen molar-refractivity contribution in [2.24, 2.45) is 0 Å². The number of aromatic nitrogens is 22. The Labute approximate surface area is 642 Å². The van der Waals surface area contributed by atoms with Gasteiger partial charge in [0.2, 0.25) is 17.5 Å². The van der Waals surface area contributed by atoms with Gasteiger partial charge in [-0.3, -0.25) is 0 Å². The van der Waals surface area contributed by atoms with Gasteiger partial charge in [0.05, 0.1) is 94.0 Å². The summed E-state index contributed by atoms with van der Waals surface area (Å²) < 4.78 is 16.1. The van der Waals surface area contributed by atoms with Gasteiger partial charge in [0.1, 0.15) is 11.5 Å². The topological polar surface area (TPSA) is 282 Å². The number of rotatable bonds is 17. The molecule has 0 radical (unpaired) electrons. The number of hydrogen-bond acceptors (Lipinski definition) is 16. The highest BCUT2D eigenvalue weighted by atomic mass is 16.5. The summed E-state index contributed by atoms with van der Waals surface area (Å²) in [7, 11) is 1.63. The number of phenolic OH excluding ortho intramolecular Hbond substituents is 1. The number of hydrogen-bond donors (Lipinski definition) is 4. The van der Waals surface area contributed by atoms with E-state index in [1.165, 1.54) is 33.4 Å². The average molecular weight is 1470 g/mol. The first-order chi connectivity index (χ1) is 54.8. The molecule has 24 nitrogen and oxygen atoms in total. The number of tetrazole rings is 3. The summed E-state index contributed by atoms with van der Waals surface area (Å²) in [5.74, 6) is 2.29. The number of imidazole rings is 5. The molecule has 20 aromatic rings. The van der Waals surface area contributed by atoms with Crippen LogP contribution in [0.15, 0.2) is 323 Å². The number of methoxy groups -OCH3 is 1. The van der Waals surface area contributed by atoms with Crippen molar-refractivity contribution in [3.05, 3.63) is 345 Å². The van der Waals surface area contributed by atoms with Gasteiger partial charge in [-0.25, -0.2) is 24.9 Å². The van der Waals surface area contributed by atoms with Gasteiger partial charge in [-0.1, -0.05) is 195 Å². The largest absolute Gasteiger partial charge is 0.507 e. The van der Waals surface area contributed by atoms with E-state index in [0.717, 1.165) is 121 Å². The van der Waals surface area contributed by atoms with Crippen molar-refractivity contribution in [2.75, 3.05) is 7.11 Å². The summed E-state index contributed by atoms with van der Waals surface area (Å²) in [6.07, 6.45) is 13.1. The molecule has 0 amide bonds. The second-order valence-electron chi connectivity index (χ2n) is 26.2. The van der Waals surface area contributed by atoms with Crippen LogP contribution in [0.3, 0.4) is 0 Å². The molecule has 0 saturated heterocycles. The Hall–Kier alpha value is -15.5. The van der Waals surface area contributed by atoms with Gasteiger partial charge >= 0.3 is 0 Å². The SMILES string of the molecule is C.COc1ccc(-c2ccc(Cn3cnc4ccccc43)cc2)cc1-c1nn[nH]n1.Oc1ccc(-c2ccc(Cn3cnc4ccccc43)cc2)cc1-c1nn[nH]n1.c1cc(-c2ccc(Cn3cnc4ccccc43)cc2)cc(-c2nn[nH]n2)c1.c1cc(-c2ccc(Cn3cnc4ccccc43)cc2)cc(-n2ccnc2)c1. The van der Waals surface area contributed by atoms with E-state index in [1.54, 1.807) is 19.4 Å². The number of aromatic amines is 3. The monoisotopic (exact) mass is 1470 g/mol. The zero-order valence-corrected chi connectivity index (χ0v) is 59.8. The Bertz CT molecular complexity index is 6260. The molecule has 0 saturated carbocycles. The molecule has 0 aliphatic heterocycles. The summed E-state index contributed by atoms with van der Waals surface area (Å²) in [5.41, 5.74) is 25.8. The summed E-state index contributed by atoms with van der Waals surface area (Å²) in [4.78, 5) is 22.0. The molecule has 8 heterocycles. The van der Waals surface area contributed by atoms with Crippen molar-refractivity contribution >= 4 is 44.1 Å². The molecule has 0 bridgehead atoms. The highest BCUT2D eigenvalue weighted by Crippen LogP contribution is 2.35. The van der Waals surface area contributed by atoms with Crippen molar-refractivity contribution in [3.8, 4) is 95.9 Å². The first-order valence-electron chi connectivity index (χ1n) is 35.7. The number of aromatic hydroxyl groups is 1. The number of H-pyrrole nitrogens is 3. The number of fused-ring (bicyclic) bond motifs is 4. The molecule has 12 aromatic carbocycles. The summed E-state index contributed by atoms with van der Waals surface area (Å²) in [5, 5.41) is 52.4. The fraction of sp³-hybridized carbons (Fsp3) is 0.0682. The first-order valence-corrected chi connectivity index (χ1v) is 35.7. The molecule has 0 unspecified atom stereocenters. The van der Waals surface area contributed by atoms with Crippen LogP contribution in [0.1, 0.15) is 29.7 Å². The fourth-order valence-corrected chi connectivity index (χ4v) is 13.4. The van der Waals surface area contributed by atoms with Crippen LogP contribution in [0.5, 0.6) is 11.5 Å². The second kappa shape index (κ2) is 32.7. The predicted molar refractivity (Wildman–Crippen MR) is 434 cm³/mol.